The van der Waals surface area contributed by atoms with E-state index in [2.05, 4.69) is 10.6 Å². The van der Waals surface area contributed by atoms with Crippen molar-refractivity contribution in [2.24, 2.45) is 0 Å². The first kappa shape index (κ1) is 21.0. The third kappa shape index (κ3) is 5.85. The van der Waals surface area contributed by atoms with Crippen LogP contribution in [0.5, 0.6) is 0 Å². The van der Waals surface area contributed by atoms with E-state index in [0.717, 1.165) is 5.56 Å². The highest BCUT2D eigenvalue weighted by molar-refractivity contribution is 7.80. The highest BCUT2D eigenvalue weighted by Crippen LogP contribution is 2.17. The molecule has 8 nitrogen and oxygen atoms in total. The molecule has 0 spiro atoms. The summed E-state index contributed by atoms with van der Waals surface area (Å²) >= 11 is 5.13. The Morgan fingerprint density at radius 3 is 2.54 bits per heavy atom. The van der Waals surface area contributed by atoms with E-state index >= 15 is 0 Å². The van der Waals surface area contributed by atoms with Crippen molar-refractivity contribution in [3.05, 3.63) is 69.8 Å². The molecule has 2 rings (SSSR count). The van der Waals surface area contributed by atoms with Crippen molar-refractivity contribution in [2.75, 3.05) is 19.4 Å². The fourth-order valence-electron chi connectivity index (χ4n) is 2.44. The first-order chi connectivity index (χ1) is 13.3. The van der Waals surface area contributed by atoms with Crippen LogP contribution in [-0.2, 0) is 11.2 Å². The standard InChI is InChI=1S/C19H20N4O4S/c1-22(2)17(24)11-10-13-6-5-7-14(12-13)20-19(28)21-18(25)15-8-3-4-9-16(15)23(26)27/h3-9,12H,10-11H2,1-2H3,(H2,20,21,25,28). The van der Waals surface area contributed by atoms with Crippen LogP contribution in [0.15, 0.2) is 48.5 Å². The second-order valence-electron chi connectivity index (χ2n) is 6.17. The zero-order chi connectivity index (χ0) is 20.7. The van der Waals surface area contributed by atoms with Crippen LogP contribution in [0.4, 0.5) is 11.4 Å². The molecule has 0 saturated heterocycles. The molecule has 0 radical (unpaired) electrons. The lowest BCUT2D eigenvalue weighted by molar-refractivity contribution is -0.385. The molecular formula is C19H20N4O4S. The lowest BCUT2D eigenvalue weighted by Gasteiger charge is -2.12. The van der Waals surface area contributed by atoms with Crippen molar-refractivity contribution >= 4 is 40.5 Å². The van der Waals surface area contributed by atoms with Gasteiger partial charge in [0.05, 0.1) is 4.92 Å². The zero-order valence-corrected chi connectivity index (χ0v) is 16.3. The molecular weight excluding hydrogens is 380 g/mol. The topological polar surface area (TPSA) is 105 Å². The Balaban J connectivity index is 2.00. The number of hydrogen-bond acceptors (Lipinski definition) is 5. The predicted octanol–water partition coefficient (Wildman–Crippen LogP) is 2.74. The Morgan fingerprint density at radius 1 is 1.14 bits per heavy atom. The van der Waals surface area contributed by atoms with Gasteiger partial charge in [0.15, 0.2) is 5.11 Å². The number of carbonyl (C=O) groups excluding carboxylic acids is 2. The highest BCUT2D eigenvalue weighted by atomic mass is 32.1. The third-order valence-electron chi connectivity index (χ3n) is 3.88. The van der Waals surface area contributed by atoms with E-state index in [1.165, 1.54) is 29.2 Å². The quantitative estimate of drug-likeness (QED) is 0.439. The molecule has 0 heterocycles. The number of aryl methyl sites for hydroxylation is 1. The van der Waals surface area contributed by atoms with E-state index in [1.54, 1.807) is 20.2 Å². The highest BCUT2D eigenvalue weighted by Gasteiger charge is 2.19. The summed E-state index contributed by atoms with van der Waals surface area (Å²) in [6, 6.07) is 12.9. The lowest BCUT2D eigenvalue weighted by Crippen LogP contribution is -2.34. The number of nitrogens with one attached hydrogen (secondary N) is 2. The second kappa shape index (κ2) is 9.56. The summed E-state index contributed by atoms with van der Waals surface area (Å²) in [6.07, 6.45) is 0.956. The van der Waals surface area contributed by atoms with Gasteiger partial charge in [0.1, 0.15) is 5.56 Å². The fraction of sp³-hybridized carbons (Fsp3) is 0.211. The average Bonchev–Trinajstić information content (AvgIpc) is 2.66. The molecule has 28 heavy (non-hydrogen) atoms. The van der Waals surface area contributed by atoms with Gasteiger partial charge in [0, 0.05) is 32.3 Å². The maximum absolute atomic E-state index is 12.3. The van der Waals surface area contributed by atoms with Gasteiger partial charge in [0.25, 0.3) is 11.6 Å². The Kier molecular flexibility index (Phi) is 7.16. The number of para-hydroxylation sites is 1. The van der Waals surface area contributed by atoms with Crippen LogP contribution < -0.4 is 10.6 Å². The number of nitrogens with zero attached hydrogens (tertiary/aromatic N) is 2. The van der Waals surface area contributed by atoms with Crippen LogP contribution in [0.2, 0.25) is 0 Å². The van der Waals surface area contributed by atoms with Crippen LogP contribution >= 0.6 is 12.2 Å². The number of benzene rings is 2. The number of thiocarbonyl (C=S) groups is 1. The average molecular weight is 400 g/mol. The first-order valence-electron chi connectivity index (χ1n) is 8.42. The minimum absolute atomic E-state index is 0.0182. The normalized spacial score (nSPS) is 10.1. The van der Waals surface area contributed by atoms with Gasteiger partial charge in [-0.2, -0.15) is 0 Å². The van der Waals surface area contributed by atoms with E-state index in [4.69, 9.17) is 12.2 Å². The molecule has 0 aliphatic heterocycles. The van der Waals surface area contributed by atoms with E-state index in [1.807, 2.05) is 18.2 Å². The fourth-order valence-corrected chi connectivity index (χ4v) is 2.65. The van der Waals surface area contributed by atoms with Crippen molar-refractivity contribution < 1.29 is 14.5 Å². The van der Waals surface area contributed by atoms with Crippen LogP contribution in [-0.4, -0.2) is 40.8 Å². The zero-order valence-electron chi connectivity index (χ0n) is 15.5. The van der Waals surface area contributed by atoms with Crippen LogP contribution in [0, 0.1) is 10.1 Å². The number of hydrogen-bond donors (Lipinski definition) is 2. The minimum atomic E-state index is -0.669. The molecule has 0 aliphatic rings. The van der Waals surface area contributed by atoms with Gasteiger partial charge in [-0.05, 0) is 42.4 Å². The molecule has 9 heteroatoms. The summed E-state index contributed by atoms with van der Waals surface area (Å²) < 4.78 is 0. The van der Waals surface area contributed by atoms with Gasteiger partial charge < -0.3 is 10.2 Å². The van der Waals surface area contributed by atoms with E-state index in [0.29, 0.717) is 18.5 Å². The van der Waals surface area contributed by atoms with Crippen LogP contribution in [0.1, 0.15) is 22.3 Å². The molecule has 0 bridgehead atoms. The second-order valence-corrected chi connectivity index (χ2v) is 6.58. The molecule has 0 aromatic heterocycles. The van der Waals surface area contributed by atoms with Gasteiger partial charge in [-0.3, -0.25) is 25.0 Å². The summed E-state index contributed by atoms with van der Waals surface area (Å²) in [6.45, 7) is 0. The summed E-state index contributed by atoms with van der Waals surface area (Å²) in [5.74, 6) is -0.636. The molecule has 0 aliphatic carbocycles. The Bertz CT molecular complexity index is 914. The van der Waals surface area contributed by atoms with E-state index in [-0.39, 0.29) is 22.3 Å². The Hall–Kier alpha value is -3.33. The monoisotopic (exact) mass is 400 g/mol. The summed E-state index contributed by atoms with van der Waals surface area (Å²) in [5, 5.41) is 16.4. The molecule has 0 saturated carbocycles. The smallest absolute Gasteiger partial charge is 0.282 e. The van der Waals surface area contributed by atoms with Gasteiger partial charge >= 0.3 is 0 Å². The number of nitro groups is 1. The van der Waals surface area contributed by atoms with Gasteiger partial charge in [-0.1, -0.05) is 24.3 Å². The minimum Gasteiger partial charge on any atom is -0.349 e. The molecule has 2 aromatic carbocycles. The molecule has 2 amide bonds. The molecule has 2 N–H and O–H groups in total. The number of rotatable bonds is 6. The van der Waals surface area contributed by atoms with Crippen molar-refractivity contribution in [1.29, 1.82) is 0 Å². The van der Waals surface area contributed by atoms with Crippen LogP contribution in [0.25, 0.3) is 0 Å². The van der Waals surface area contributed by atoms with Crippen molar-refractivity contribution in [3.63, 3.8) is 0 Å². The van der Waals surface area contributed by atoms with Crippen LogP contribution in [0.3, 0.4) is 0 Å². The third-order valence-corrected chi connectivity index (χ3v) is 4.09. The number of anilines is 1. The predicted molar refractivity (Wildman–Crippen MR) is 110 cm³/mol. The largest absolute Gasteiger partial charge is 0.349 e. The summed E-state index contributed by atoms with van der Waals surface area (Å²) in [7, 11) is 3.41. The number of carbonyl (C=O) groups is 2. The van der Waals surface area contributed by atoms with Gasteiger partial charge in [0.2, 0.25) is 5.91 Å². The number of nitro benzene ring substituents is 1. The maximum Gasteiger partial charge on any atom is 0.282 e. The van der Waals surface area contributed by atoms with Crippen molar-refractivity contribution in [1.82, 2.24) is 10.2 Å². The van der Waals surface area contributed by atoms with E-state index in [9.17, 15) is 19.7 Å². The maximum atomic E-state index is 12.3. The summed E-state index contributed by atoms with van der Waals surface area (Å²) in [5.41, 5.74) is 1.21. The van der Waals surface area contributed by atoms with E-state index < -0.39 is 10.8 Å². The lowest BCUT2D eigenvalue weighted by atomic mass is 10.1. The molecule has 0 fully saturated rings. The van der Waals surface area contributed by atoms with Crippen molar-refractivity contribution in [3.8, 4) is 0 Å². The molecule has 0 atom stereocenters. The first-order valence-corrected chi connectivity index (χ1v) is 8.83. The molecule has 0 unspecified atom stereocenters. The van der Waals surface area contributed by atoms with Gasteiger partial charge in [-0.25, -0.2) is 0 Å². The van der Waals surface area contributed by atoms with Crippen molar-refractivity contribution in [2.45, 2.75) is 12.8 Å². The SMILES string of the molecule is CN(C)C(=O)CCc1cccc(NC(=S)NC(=O)c2ccccc2[N+](=O)[O-])c1. The van der Waals surface area contributed by atoms with Gasteiger partial charge in [-0.15, -0.1) is 0 Å². The molecule has 2 aromatic rings. The number of amides is 2. The Labute approximate surface area is 167 Å². The summed E-state index contributed by atoms with van der Waals surface area (Å²) in [4.78, 5) is 36.0. The Morgan fingerprint density at radius 2 is 1.86 bits per heavy atom. The molecule has 146 valence electrons.